The smallest absolute Gasteiger partial charge is 0.381 e. The van der Waals surface area contributed by atoms with Crippen LogP contribution in [-0.2, 0) is 22.3 Å². The van der Waals surface area contributed by atoms with E-state index < -0.39 is 17.6 Å². The second-order valence-corrected chi connectivity index (χ2v) is 7.80. The van der Waals surface area contributed by atoms with Gasteiger partial charge in [0.2, 0.25) is 5.91 Å². The zero-order valence-corrected chi connectivity index (χ0v) is 17.2. The van der Waals surface area contributed by atoms with E-state index in [0.717, 1.165) is 38.2 Å². The summed E-state index contributed by atoms with van der Waals surface area (Å²) in [6.07, 6.45) is -1.85. The maximum Gasteiger partial charge on any atom is 0.416 e. The highest BCUT2D eigenvalue weighted by molar-refractivity contribution is 5.75. The van der Waals surface area contributed by atoms with Crippen molar-refractivity contribution in [3.63, 3.8) is 0 Å². The van der Waals surface area contributed by atoms with Gasteiger partial charge in [0.1, 0.15) is 5.82 Å². The third-order valence-corrected chi connectivity index (χ3v) is 5.65. The molecule has 0 spiro atoms. The van der Waals surface area contributed by atoms with Crippen LogP contribution in [0.5, 0.6) is 0 Å². The lowest BCUT2D eigenvalue weighted by molar-refractivity contribution is -0.137. The molecule has 0 aromatic heterocycles. The lowest BCUT2D eigenvalue weighted by Gasteiger charge is -2.40. The van der Waals surface area contributed by atoms with Crippen LogP contribution < -0.4 is 5.32 Å². The summed E-state index contributed by atoms with van der Waals surface area (Å²) < 4.78 is 57.3. The number of nitrogens with one attached hydrogen (secondary N) is 1. The number of rotatable bonds is 8. The van der Waals surface area contributed by atoms with Crippen molar-refractivity contribution in [3.8, 4) is 0 Å². The Morgan fingerprint density at radius 1 is 1.34 bits per heavy atom. The van der Waals surface area contributed by atoms with E-state index in [4.69, 9.17) is 4.74 Å². The Morgan fingerprint density at radius 2 is 2.07 bits per heavy atom. The van der Waals surface area contributed by atoms with Gasteiger partial charge in [-0.2, -0.15) is 13.2 Å². The summed E-state index contributed by atoms with van der Waals surface area (Å²) in [5.41, 5.74) is -0.967. The highest BCUT2D eigenvalue weighted by Crippen LogP contribution is 2.30. The zero-order chi connectivity index (χ0) is 21.6. The summed E-state index contributed by atoms with van der Waals surface area (Å²) in [7, 11) is 2.07. The van der Waals surface area contributed by atoms with Crippen molar-refractivity contribution >= 4 is 5.91 Å². The van der Waals surface area contributed by atoms with E-state index in [0.29, 0.717) is 24.4 Å². The first-order valence-corrected chi connectivity index (χ1v) is 10.0. The fourth-order valence-electron chi connectivity index (χ4n) is 3.94. The molecule has 0 aliphatic carbocycles. The molecular weight excluding hydrogens is 388 g/mol. The Balaban J connectivity index is 1.86. The third kappa shape index (κ3) is 6.96. The summed E-state index contributed by atoms with van der Waals surface area (Å²) in [6.45, 7) is 5.58. The maximum atomic E-state index is 13.5. The zero-order valence-electron chi connectivity index (χ0n) is 17.2. The van der Waals surface area contributed by atoms with Gasteiger partial charge in [-0.1, -0.05) is 13.8 Å². The summed E-state index contributed by atoms with van der Waals surface area (Å²) in [5.74, 6) is -0.801. The van der Waals surface area contributed by atoms with Crippen LogP contribution in [0.3, 0.4) is 0 Å². The summed E-state index contributed by atoms with van der Waals surface area (Å²) in [4.78, 5) is 14.5. The van der Waals surface area contributed by atoms with Crippen LogP contribution >= 0.6 is 0 Å². The lowest BCUT2D eigenvalue weighted by Crippen LogP contribution is -2.47. The van der Waals surface area contributed by atoms with Gasteiger partial charge in [-0.25, -0.2) is 4.39 Å². The summed E-state index contributed by atoms with van der Waals surface area (Å²) >= 11 is 0. The number of alkyl halides is 3. The van der Waals surface area contributed by atoms with Crippen LogP contribution in [0.1, 0.15) is 50.7 Å². The molecule has 1 fully saturated rings. The minimum absolute atomic E-state index is 0.0888. The summed E-state index contributed by atoms with van der Waals surface area (Å²) in [6, 6.07) is 2.95. The first kappa shape index (κ1) is 23.6. The van der Waals surface area contributed by atoms with E-state index in [1.54, 1.807) is 0 Å². The number of ether oxygens (including phenoxy) is 1. The van der Waals surface area contributed by atoms with Crippen molar-refractivity contribution in [2.24, 2.45) is 5.92 Å². The number of carbonyl (C=O) groups excluding carboxylic acids is 1. The molecule has 3 atom stereocenters. The highest BCUT2D eigenvalue weighted by atomic mass is 19.4. The molecule has 4 nitrogen and oxygen atoms in total. The monoisotopic (exact) mass is 418 g/mol. The highest BCUT2D eigenvalue weighted by Gasteiger charge is 2.31. The number of nitrogens with zero attached hydrogens (tertiary/aromatic N) is 1. The van der Waals surface area contributed by atoms with Gasteiger partial charge in [-0.3, -0.25) is 4.79 Å². The van der Waals surface area contributed by atoms with Crippen molar-refractivity contribution < 1.29 is 27.1 Å². The van der Waals surface area contributed by atoms with Gasteiger partial charge in [-0.15, -0.1) is 0 Å². The van der Waals surface area contributed by atoms with Crippen molar-refractivity contribution in [2.45, 2.75) is 64.3 Å². The van der Waals surface area contributed by atoms with Crippen LogP contribution in [-0.4, -0.2) is 43.2 Å². The van der Waals surface area contributed by atoms with Crippen molar-refractivity contribution in [1.82, 2.24) is 10.2 Å². The van der Waals surface area contributed by atoms with Crippen LogP contribution in [0.2, 0.25) is 0 Å². The van der Waals surface area contributed by atoms with Crippen molar-refractivity contribution in [1.29, 1.82) is 0 Å². The Bertz CT molecular complexity index is 681. The first-order chi connectivity index (χ1) is 13.6. The van der Waals surface area contributed by atoms with E-state index in [1.807, 2.05) is 0 Å². The molecule has 1 aliphatic rings. The molecule has 2 unspecified atom stereocenters. The molecule has 8 heteroatoms. The standard InChI is InChI=1S/C21H30F4N2O2/c1-4-18(27(3)19-7-8-29-13-14(19)2)5-6-20(28)26-12-15-9-16(21(23,24)25)11-17(22)10-15/h9-11,14,18-19H,4-8,12-13H2,1-3H3,(H,26,28)/t14?,18-,19?/m1/s1. The van der Waals surface area contributed by atoms with Crippen LogP contribution in [0.25, 0.3) is 0 Å². The van der Waals surface area contributed by atoms with E-state index in [-0.39, 0.29) is 30.5 Å². The third-order valence-electron chi connectivity index (χ3n) is 5.65. The van der Waals surface area contributed by atoms with Gasteiger partial charge < -0.3 is 15.0 Å². The van der Waals surface area contributed by atoms with Gasteiger partial charge >= 0.3 is 6.18 Å². The van der Waals surface area contributed by atoms with Crippen LogP contribution in [0.15, 0.2) is 18.2 Å². The van der Waals surface area contributed by atoms with Gasteiger partial charge in [0, 0.05) is 31.7 Å². The minimum atomic E-state index is -4.62. The van der Waals surface area contributed by atoms with E-state index in [2.05, 4.69) is 31.1 Å². The predicted octanol–water partition coefficient (Wildman–Crippen LogP) is 4.38. The quantitative estimate of drug-likeness (QED) is 0.638. The van der Waals surface area contributed by atoms with Crippen LogP contribution in [0, 0.1) is 11.7 Å². The van der Waals surface area contributed by atoms with E-state index in [9.17, 15) is 22.4 Å². The topological polar surface area (TPSA) is 41.6 Å². The Hall–Kier alpha value is -1.67. The molecule has 1 aliphatic heterocycles. The molecule has 1 amide bonds. The molecule has 0 saturated carbocycles. The molecule has 1 N–H and O–H groups in total. The first-order valence-electron chi connectivity index (χ1n) is 10.0. The van der Waals surface area contributed by atoms with Crippen molar-refractivity contribution in [3.05, 3.63) is 35.1 Å². The molecule has 1 aromatic carbocycles. The molecule has 1 saturated heterocycles. The molecule has 0 radical (unpaired) electrons. The Labute approximate surface area is 169 Å². The summed E-state index contributed by atoms with van der Waals surface area (Å²) in [5, 5.41) is 2.60. The number of carbonyl (C=O) groups is 1. The molecule has 164 valence electrons. The van der Waals surface area contributed by atoms with Gasteiger partial charge in [0.25, 0.3) is 0 Å². The largest absolute Gasteiger partial charge is 0.416 e. The molecule has 2 rings (SSSR count). The van der Waals surface area contributed by atoms with Crippen LogP contribution in [0.4, 0.5) is 17.6 Å². The lowest BCUT2D eigenvalue weighted by atomic mass is 9.93. The second-order valence-electron chi connectivity index (χ2n) is 7.80. The minimum Gasteiger partial charge on any atom is -0.381 e. The number of hydrogen-bond donors (Lipinski definition) is 1. The molecule has 29 heavy (non-hydrogen) atoms. The van der Waals surface area contributed by atoms with Gasteiger partial charge in [0.05, 0.1) is 12.2 Å². The Kier molecular flexibility index (Phi) is 8.46. The normalized spacial score (nSPS) is 21.2. The number of hydrogen-bond acceptors (Lipinski definition) is 3. The molecule has 0 bridgehead atoms. The van der Waals surface area contributed by atoms with Gasteiger partial charge in [0.15, 0.2) is 0 Å². The molecule has 1 heterocycles. The van der Waals surface area contributed by atoms with Gasteiger partial charge in [-0.05, 0) is 56.0 Å². The maximum absolute atomic E-state index is 13.5. The van der Waals surface area contributed by atoms with E-state index in [1.165, 1.54) is 0 Å². The molecule has 1 aromatic rings. The number of benzene rings is 1. The average Bonchev–Trinajstić information content (AvgIpc) is 2.66. The SMILES string of the molecule is CC[C@H](CCC(=O)NCc1cc(F)cc(C(F)(F)F)c1)N(C)C1CCOCC1C. The Morgan fingerprint density at radius 3 is 2.69 bits per heavy atom. The van der Waals surface area contributed by atoms with Crippen molar-refractivity contribution in [2.75, 3.05) is 20.3 Å². The predicted molar refractivity (Wildman–Crippen MR) is 103 cm³/mol. The fraction of sp³-hybridized carbons (Fsp3) is 0.667. The average molecular weight is 418 g/mol. The fourth-order valence-corrected chi connectivity index (χ4v) is 3.94. The second kappa shape index (κ2) is 10.4. The molecular formula is C21H30F4N2O2. The number of halogens is 4. The van der Waals surface area contributed by atoms with E-state index >= 15 is 0 Å². The number of amides is 1.